The topological polar surface area (TPSA) is 75.1 Å². The van der Waals surface area contributed by atoms with Gasteiger partial charge in [-0.15, -0.1) is 11.8 Å². The van der Waals surface area contributed by atoms with Crippen LogP contribution in [0.15, 0.2) is 17.4 Å². The van der Waals surface area contributed by atoms with E-state index in [4.69, 9.17) is 5.11 Å². The fourth-order valence-corrected chi connectivity index (χ4v) is 1.72. The van der Waals surface area contributed by atoms with Crippen molar-refractivity contribution in [1.29, 1.82) is 0 Å². The number of thioether (sulfide) groups is 1. The van der Waals surface area contributed by atoms with E-state index in [1.54, 1.807) is 12.4 Å². The molecule has 5 nitrogen and oxygen atoms in total. The largest absolute Gasteiger partial charge is 0.480 e. The molecule has 1 rings (SSSR count). The van der Waals surface area contributed by atoms with E-state index in [9.17, 15) is 4.79 Å². The predicted octanol–water partition coefficient (Wildman–Crippen LogP) is 2.25. The van der Waals surface area contributed by atoms with E-state index >= 15 is 0 Å². The average molecular weight is 255 g/mol. The number of aromatic nitrogens is 2. The van der Waals surface area contributed by atoms with Gasteiger partial charge in [-0.3, -0.25) is 4.98 Å². The highest BCUT2D eigenvalue weighted by molar-refractivity contribution is 7.98. The lowest BCUT2D eigenvalue weighted by Crippen LogP contribution is -2.29. The highest BCUT2D eigenvalue weighted by Gasteiger charge is 2.16. The van der Waals surface area contributed by atoms with Crippen LogP contribution in [0.1, 0.15) is 26.2 Å². The molecular weight excluding hydrogens is 238 g/mol. The van der Waals surface area contributed by atoms with Gasteiger partial charge in [0.05, 0.1) is 12.4 Å². The van der Waals surface area contributed by atoms with Gasteiger partial charge in [-0.1, -0.05) is 19.8 Å². The zero-order valence-corrected chi connectivity index (χ0v) is 10.8. The first-order valence-electron chi connectivity index (χ1n) is 5.52. The van der Waals surface area contributed by atoms with Crippen molar-refractivity contribution in [2.45, 2.75) is 37.3 Å². The normalized spacial score (nSPS) is 12.1. The van der Waals surface area contributed by atoms with Crippen LogP contribution in [0.2, 0.25) is 0 Å². The van der Waals surface area contributed by atoms with Gasteiger partial charge < -0.3 is 10.4 Å². The maximum Gasteiger partial charge on any atom is 0.326 e. The van der Waals surface area contributed by atoms with Crippen molar-refractivity contribution in [2.75, 3.05) is 11.6 Å². The van der Waals surface area contributed by atoms with Crippen LogP contribution in [0.4, 0.5) is 5.82 Å². The van der Waals surface area contributed by atoms with Crippen molar-refractivity contribution in [1.82, 2.24) is 9.97 Å². The number of hydrogen-bond donors (Lipinski definition) is 2. The van der Waals surface area contributed by atoms with E-state index < -0.39 is 12.0 Å². The van der Waals surface area contributed by atoms with Crippen molar-refractivity contribution in [3.8, 4) is 0 Å². The Balaban J connectivity index is 2.67. The molecule has 1 aromatic heterocycles. The molecule has 0 spiro atoms. The first kappa shape index (κ1) is 13.8. The van der Waals surface area contributed by atoms with Crippen molar-refractivity contribution < 1.29 is 9.90 Å². The molecule has 0 aliphatic heterocycles. The Morgan fingerprint density at radius 2 is 2.35 bits per heavy atom. The lowest BCUT2D eigenvalue weighted by atomic mass is 10.1. The summed E-state index contributed by atoms with van der Waals surface area (Å²) in [4.78, 5) is 19.3. The highest BCUT2D eigenvalue weighted by atomic mass is 32.2. The number of carboxylic acids is 1. The Kier molecular flexibility index (Phi) is 5.76. The third-order valence-corrected chi connectivity index (χ3v) is 2.90. The smallest absolute Gasteiger partial charge is 0.326 e. The van der Waals surface area contributed by atoms with Crippen LogP contribution in [0.25, 0.3) is 0 Å². The molecule has 0 aliphatic rings. The second kappa shape index (κ2) is 7.11. The fraction of sp³-hybridized carbons (Fsp3) is 0.545. The number of nitrogens with one attached hydrogen (secondary N) is 1. The van der Waals surface area contributed by atoms with Gasteiger partial charge in [-0.2, -0.15) is 0 Å². The molecule has 0 aliphatic carbocycles. The summed E-state index contributed by atoms with van der Waals surface area (Å²) in [7, 11) is 0. The molecule has 6 heteroatoms. The van der Waals surface area contributed by atoms with Crippen LogP contribution < -0.4 is 5.32 Å². The highest BCUT2D eigenvalue weighted by Crippen LogP contribution is 2.14. The molecule has 0 fully saturated rings. The van der Waals surface area contributed by atoms with E-state index in [2.05, 4.69) is 15.3 Å². The quantitative estimate of drug-likeness (QED) is 0.728. The van der Waals surface area contributed by atoms with Crippen LogP contribution in [-0.4, -0.2) is 33.3 Å². The number of hydrogen-bond acceptors (Lipinski definition) is 5. The molecule has 1 aromatic rings. The number of carbonyl (C=O) groups is 1. The predicted molar refractivity (Wildman–Crippen MR) is 68.4 cm³/mol. The summed E-state index contributed by atoms with van der Waals surface area (Å²) in [6, 6.07) is -0.596. The number of anilines is 1. The molecule has 0 radical (unpaired) electrons. The minimum absolute atomic E-state index is 0.514. The minimum Gasteiger partial charge on any atom is -0.480 e. The van der Waals surface area contributed by atoms with Gasteiger partial charge in [0.25, 0.3) is 0 Å². The Labute approximate surface area is 105 Å². The van der Waals surface area contributed by atoms with E-state index in [0.717, 1.165) is 17.9 Å². The summed E-state index contributed by atoms with van der Waals surface area (Å²) < 4.78 is 0. The second-order valence-electron chi connectivity index (χ2n) is 3.62. The van der Waals surface area contributed by atoms with E-state index in [1.807, 2.05) is 13.2 Å². The van der Waals surface area contributed by atoms with E-state index in [1.165, 1.54) is 11.8 Å². The van der Waals surface area contributed by atoms with Gasteiger partial charge in [0.15, 0.2) is 0 Å². The van der Waals surface area contributed by atoms with Crippen molar-refractivity contribution in [3.05, 3.63) is 12.4 Å². The standard InChI is InChI=1S/C11H17N3O2S/c1-3-4-5-8(11(15)16)13-9-6-12-7-10(14-9)17-2/h6-8H,3-5H2,1-2H3,(H,13,14)(H,15,16)/t8-/m0/s1. The van der Waals surface area contributed by atoms with Crippen LogP contribution in [-0.2, 0) is 4.79 Å². The summed E-state index contributed by atoms with van der Waals surface area (Å²) in [6.45, 7) is 2.03. The van der Waals surface area contributed by atoms with Gasteiger partial charge in [-0.05, 0) is 12.7 Å². The number of unbranched alkanes of at least 4 members (excludes halogenated alkanes) is 1. The van der Waals surface area contributed by atoms with Crippen molar-refractivity contribution in [3.63, 3.8) is 0 Å². The Bertz CT molecular complexity index is 373. The third kappa shape index (κ3) is 4.60. The molecule has 0 bridgehead atoms. The number of carboxylic acid groups (broad SMARTS) is 1. The van der Waals surface area contributed by atoms with Gasteiger partial charge in [-0.25, -0.2) is 9.78 Å². The molecule has 2 N–H and O–H groups in total. The first-order chi connectivity index (χ1) is 8.17. The van der Waals surface area contributed by atoms with E-state index in [0.29, 0.717) is 12.2 Å². The molecule has 0 saturated carbocycles. The lowest BCUT2D eigenvalue weighted by Gasteiger charge is -2.14. The molecule has 0 aromatic carbocycles. The fourth-order valence-electron chi connectivity index (χ4n) is 1.36. The van der Waals surface area contributed by atoms with Gasteiger partial charge >= 0.3 is 5.97 Å². The second-order valence-corrected chi connectivity index (χ2v) is 4.45. The Morgan fingerprint density at radius 1 is 1.59 bits per heavy atom. The summed E-state index contributed by atoms with van der Waals surface area (Å²) in [5.41, 5.74) is 0. The van der Waals surface area contributed by atoms with Crippen LogP contribution in [0.5, 0.6) is 0 Å². The van der Waals surface area contributed by atoms with Gasteiger partial charge in [0, 0.05) is 0 Å². The Morgan fingerprint density at radius 3 is 2.94 bits per heavy atom. The molecule has 0 unspecified atom stereocenters. The molecule has 1 atom stereocenters. The van der Waals surface area contributed by atoms with Crippen LogP contribution in [0, 0.1) is 0 Å². The molecular formula is C11H17N3O2S. The molecule has 0 saturated heterocycles. The number of rotatable bonds is 7. The average Bonchev–Trinajstić information content (AvgIpc) is 2.34. The van der Waals surface area contributed by atoms with Crippen LogP contribution in [0.3, 0.4) is 0 Å². The molecule has 0 amide bonds. The summed E-state index contributed by atoms with van der Waals surface area (Å²) in [5, 5.41) is 12.7. The SMILES string of the molecule is CCCC[C@H](Nc1cncc(SC)n1)C(=O)O. The maximum absolute atomic E-state index is 11.0. The van der Waals surface area contributed by atoms with Crippen molar-refractivity contribution in [2.24, 2.45) is 0 Å². The molecule has 1 heterocycles. The summed E-state index contributed by atoms with van der Waals surface area (Å²) >= 11 is 1.48. The molecule has 94 valence electrons. The summed E-state index contributed by atoms with van der Waals surface area (Å²) in [6.07, 6.45) is 7.54. The zero-order valence-electron chi connectivity index (χ0n) is 10.0. The summed E-state index contributed by atoms with van der Waals surface area (Å²) in [5.74, 6) is -0.338. The van der Waals surface area contributed by atoms with Gasteiger partial charge in [0.1, 0.15) is 16.9 Å². The zero-order chi connectivity index (χ0) is 12.7. The number of nitrogens with zero attached hydrogens (tertiary/aromatic N) is 2. The maximum atomic E-state index is 11.0. The van der Waals surface area contributed by atoms with Crippen LogP contribution >= 0.6 is 11.8 Å². The third-order valence-electron chi connectivity index (χ3n) is 2.29. The van der Waals surface area contributed by atoms with Gasteiger partial charge in [0.2, 0.25) is 0 Å². The van der Waals surface area contributed by atoms with E-state index in [-0.39, 0.29) is 0 Å². The Hall–Kier alpha value is -1.30. The lowest BCUT2D eigenvalue weighted by molar-refractivity contribution is -0.138. The monoisotopic (exact) mass is 255 g/mol. The minimum atomic E-state index is -0.852. The molecule has 17 heavy (non-hydrogen) atoms. The van der Waals surface area contributed by atoms with Crippen molar-refractivity contribution >= 4 is 23.5 Å². The number of aliphatic carboxylic acids is 1. The first-order valence-corrected chi connectivity index (χ1v) is 6.75.